The molecule has 1 aromatic rings. The van der Waals surface area contributed by atoms with Gasteiger partial charge in [-0.2, -0.15) is 0 Å². The van der Waals surface area contributed by atoms with E-state index in [1.807, 2.05) is 0 Å². The molecule has 19 heavy (non-hydrogen) atoms. The summed E-state index contributed by atoms with van der Waals surface area (Å²) < 4.78 is 5.27. The molecule has 0 bridgehead atoms. The lowest BCUT2D eigenvalue weighted by molar-refractivity contribution is 0.146. The third-order valence-corrected chi connectivity index (χ3v) is 3.99. The first-order chi connectivity index (χ1) is 9.11. The Balaban J connectivity index is 1.96. The van der Waals surface area contributed by atoms with E-state index >= 15 is 0 Å². The summed E-state index contributed by atoms with van der Waals surface area (Å²) in [6.07, 6.45) is 1.17. The van der Waals surface area contributed by atoms with E-state index in [0.717, 1.165) is 19.7 Å². The Bertz CT molecular complexity index is 417. The molecule has 0 saturated heterocycles. The molecule has 1 aliphatic rings. The van der Waals surface area contributed by atoms with Crippen molar-refractivity contribution in [2.75, 3.05) is 32.2 Å². The zero-order valence-corrected chi connectivity index (χ0v) is 12.6. The summed E-state index contributed by atoms with van der Waals surface area (Å²) in [7, 11) is 3.93. The molecule has 0 aromatic heterocycles. The van der Waals surface area contributed by atoms with E-state index < -0.39 is 0 Å². The molecule has 1 unspecified atom stereocenters. The third-order valence-electron chi connectivity index (χ3n) is 3.99. The van der Waals surface area contributed by atoms with E-state index in [4.69, 9.17) is 4.74 Å². The molecule has 3 heteroatoms. The molecular formula is C16H26N2O. The minimum Gasteiger partial charge on any atom is -0.383 e. The van der Waals surface area contributed by atoms with Gasteiger partial charge in [0.2, 0.25) is 0 Å². The lowest BCUT2D eigenvalue weighted by Gasteiger charge is -2.22. The number of methoxy groups -OCH3 is 1. The Morgan fingerprint density at radius 2 is 2.16 bits per heavy atom. The normalized spacial score (nSPS) is 15.9. The summed E-state index contributed by atoms with van der Waals surface area (Å²) >= 11 is 0. The quantitative estimate of drug-likeness (QED) is 0.852. The third kappa shape index (κ3) is 3.48. The van der Waals surface area contributed by atoms with Gasteiger partial charge in [0.1, 0.15) is 0 Å². The van der Waals surface area contributed by atoms with E-state index in [-0.39, 0.29) is 0 Å². The highest BCUT2D eigenvalue weighted by Gasteiger charge is 2.16. The summed E-state index contributed by atoms with van der Waals surface area (Å²) in [4.78, 5) is 2.33. The van der Waals surface area contributed by atoms with Gasteiger partial charge < -0.3 is 15.0 Å². The SMILES string of the molecule is COCC(NCc1ccc2c(c1)CCN2C)C(C)C. The predicted molar refractivity (Wildman–Crippen MR) is 80.8 cm³/mol. The van der Waals surface area contributed by atoms with Crippen LogP contribution in [0.15, 0.2) is 18.2 Å². The van der Waals surface area contributed by atoms with Crippen molar-refractivity contribution in [3.63, 3.8) is 0 Å². The van der Waals surface area contributed by atoms with Crippen molar-refractivity contribution in [2.24, 2.45) is 5.92 Å². The van der Waals surface area contributed by atoms with Gasteiger partial charge in [0.05, 0.1) is 6.61 Å². The fourth-order valence-electron chi connectivity index (χ4n) is 2.65. The van der Waals surface area contributed by atoms with Crippen molar-refractivity contribution in [3.05, 3.63) is 29.3 Å². The number of fused-ring (bicyclic) bond motifs is 1. The molecule has 2 rings (SSSR count). The van der Waals surface area contributed by atoms with Crippen LogP contribution in [-0.4, -0.2) is 33.4 Å². The van der Waals surface area contributed by atoms with Gasteiger partial charge in [-0.25, -0.2) is 0 Å². The van der Waals surface area contributed by atoms with Crippen molar-refractivity contribution in [1.82, 2.24) is 5.32 Å². The van der Waals surface area contributed by atoms with Crippen LogP contribution in [0.2, 0.25) is 0 Å². The molecule has 106 valence electrons. The summed E-state index contributed by atoms with van der Waals surface area (Å²) in [5, 5.41) is 3.60. The van der Waals surface area contributed by atoms with Crippen LogP contribution < -0.4 is 10.2 Å². The number of likely N-dealkylation sites (N-methyl/N-ethyl adjacent to an activating group) is 1. The van der Waals surface area contributed by atoms with Crippen LogP contribution >= 0.6 is 0 Å². The highest BCUT2D eigenvalue weighted by molar-refractivity contribution is 5.58. The standard InChI is InChI=1S/C16H26N2O/c1-12(2)15(11-19-4)17-10-13-5-6-16-14(9-13)7-8-18(16)3/h5-6,9,12,15,17H,7-8,10-11H2,1-4H3. The maximum Gasteiger partial charge on any atom is 0.0618 e. The number of hydrogen-bond donors (Lipinski definition) is 1. The highest BCUT2D eigenvalue weighted by atomic mass is 16.5. The van der Waals surface area contributed by atoms with Crippen molar-refractivity contribution < 1.29 is 4.74 Å². The molecule has 1 atom stereocenters. The second kappa shape index (κ2) is 6.40. The van der Waals surface area contributed by atoms with Crippen LogP contribution in [0, 0.1) is 5.92 Å². The van der Waals surface area contributed by atoms with Crippen LogP contribution in [0.5, 0.6) is 0 Å². The number of ether oxygens (including phenoxy) is 1. The van der Waals surface area contributed by atoms with Crippen molar-refractivity contribution in [3.8, 4) is 0 Å². The maximum absolute atomic E-state index is 5.27. The number of nitrogens with zero attached hydrogens (tertiary/aromatic N) is 1. The second-order valence-electron chi connectivity index (χ2n) is 5.82. The van der Waals surface area contributed by atoms with Gasteiger partial charge in [0.15, 0.2) is 0 Å². The van der Waals surface area contributed by atoms with Gasteiger partial charge >= 0.3 is 0 Å². The molecule has 0 aliphatic carbocycles. The average molecular weight is 262 g/mol. The lowest BCUT2D eigenvalue weighted by Crippen LogP contribution is -2.37. The highest BCUT2D eigenvalue weighted by Crippen LogP contribution is 2.27. The summed E-state index contributed by atoms with van der Waals surface area (Å²) in [6.45, 7) is 7.29. The first-order valence-corrected chi connectivity index (χ1v) is 7.17. The molecule has 0 amide bonds. The Labute approximate surface area is 116 Å². The van der Waals surface area contributed by atoms with E-state index in [2.05, 4.69) is 49.3 Å². The van der Waals surface area contributed by atoms with E-state index in [9.17, 15) is 0 Å². The van der Waals surface area contributed by atoms with Gasteiger partial charge in [-0.1, -0.05) is 26.0 Å². The van der Waals surface area contributed by atoms with Gasteiger partial charge in [0.25, 0.3) is 0 Å². The zero-order valence-electron chi connectivity index (χ0n) is 12.6. The average Bonchev–Trinajstić information content (AvgIpc) is 2.75. The van der Waals surface area contributed by atoms with Crippen molar-refractivity contribution in [2.45, 2.75) is 32.9 Å². The Morgan fingerprint density at radius 1 is 1.37 bits per heavy atom. The first kappa shape index (κ1) is 14.4. The largest absolute Gasteiger partial charge is 0.383 e. The molecule has 0 spiro atoms. The van der Waals surface area contributed by atoms with E-state index in [0.29, 0.717) is 12.0 Å². The second-order valence-corrected chi connectivity index (χ2v) is 5.82. The van der Waals surface area contributed by atoms with Gasteiger partial charge in [0, 0.05) is 39.0 Å². The number of nitrogens with one attached hydrogen (secondary N) is 1. The summed E-state index contributed by atoms with van der Waals surface area (Å²) in [5.41, 5.74) is 4.24. The Hall–Kier alpha value is -1.06. The topological polar surface area (TPSA) is 24.5 Å². The predicted octanol–water partition coefficient (Wildman–Crippen LogP) is 2.44. The zero-order chi connectivity index (χ0) is 13.8. The molecule has 1 aromatic carbocycles. The molecule has 1 heterocycles. The molecule has 0 fully saturated rings. The lowest BCUT2D eigenvalue weighted by atomic mass is 10.0. The Kier molecular flexibility index (Phi) is 4.83. The monoisotopic (exact) mass is 262 g/mol. The van der Waals surface area contributed by atoms with Crippen LogP contribution in [0.4, 0.5) is 5.69 Å². The van der Waals surface area contributed by atoms with E-state index in [1.54, 1.807) is 7.11 Å². The van der Waals surface area contributed by atoms with Gasteiger partial charge in [-0.3, -0.25) is 0 Å². The first-order valence-electron chi connectivity index (χ1n) is 7.17. The summed E-state index contributed by atoms with van der Waals surface area (Å²) in [6, 6.07) is 7.24. The number of rotatable bonds is 6. The fraction of sp³-hybridized carbons (Fsp3) is 0.625. The minimum absolute atomic E-state index is 0.418. The van der Waals surface area contributed by atoms with Gasteiger partial charge in [-0.15, -0.1) is 0 Å². The minimum atomic E-state index is 0.418. The summed E-state index contributed by atoms with van der Waals surface area (Å²) in [5.74, 6) is 0.584. The van der Waals surface area contributed by atoms with Crippen molar-refractivity contribution >= 4 is 5.69 Å². The molecule has 0 radical (unpaired) electrons. The Morgan fingerprint density at radius 3 is 2.84 bits per heavy atom. The van der Waals surface area contributed by atoms with Gasteiger partial charge in [-0.05, 0) is 29.5 Å². The molecule has 1 aliphatic heterocycles. The maximum atomic E-state index is 5.27. The van der Waals surface area contributed by atoms with E-state index in [1.165, 1.54) is 23.2 Å². The number of anilines is 1. The van der Waals surface area contributed by atoms with Crippen LogP contribution in [0.3, 0.4) is 0 Å². The molecule has 1 N–H and O–H groups in total. The van der Waals surface area contributed by atoms with Crippen molar-refractivity contribution in [1.29, 1.82) is 0 Å². The van der Waals surface area contributed by atoms with Crippen LogP contribution in [-0.2, 0) is 17.7 Å². The van der Waals surface area contributed by atoms with Crippen LogP contribution in [0.25, 0.3) is 0 Å². The molecule has 3 nitrogen and oxygen atoms in total. The number of hydrogen-bond acceptors (Lipinski definition) is 3. The number of benzene rings is 1. The molecular weight excluding hydrogens is 236 g/mol. The smallest absolute Gasteiger partial charge is 0.0618 e. The fourth-order valence-corrected chi connectivity index (χ4v) is 2.65. The molecule has 0 saturated carbocycles. The van der Waals surface area contributed by atoms with Crippen LogP contribution in [0.1, 0.15) is 25.0 Å².